The number of carbonyl (C=O) groups is 1. The van der Waals surface area contributed by atoms with Crippen LogP contribution in [0.4, 0.5) is 19.0 Å². The highest BCUT2D eigenvalue weighted by Crippen LogP contribution is 2.46. The highest BCUT2D eigenvalue weighted by molar-refractivity contribution is 7.91. The number of rotatable bonds is 7. The quantitative estimate of drug-likeness (QED) is 0.426. The second kappa shape index (κ2) is 10.6. The van der Waals surface area contributed by atoms with Gasteiger partial charge in [-0.15, -0.1) is 0 Å². The first-order valence-corrected chi connectivity index (χ1v) is 15.4. The van der Waals surface area contributed by atoms with Gasteiger partial charge in [-0.25, -0.2) is 13.4 Å². The van der Waals surface area contributed by atoms with Crippen LogP contribution in [-0.2, 0) is 9.84 Å². The minimum Gasteiger partial charge on any atom is -0.365 e. The second-order valence-electron chi connectivity index (χ2n) is 11.6. The van der Waals surface area contributed by atoms with Crippen LogP contribution in [0.3, 0.4) is 0 Å². The molecule has 3 heterocycles. The summed E-state index contributed by atoms with van der Waals surface area (Å²) in [5.74, 6) is 0.0291. The number of sulfone groups is 1. The molecule has 2 aliphatic rings. The van der Waals surface area contributed by atoms with Gasteiger partial charge in [-0.1, -0.05) is 18.5 Å². The number of nitrogens with zero attached hydrogens (tertiary/aromatic N) is 3. The van der Waals surface area contributed by atoms with Crippen molar-refractivity contribution >= 4 is 33.2 Å². The molecule has 2 N–H and O–H groups in total. The number of anilines is 1. The fraction of sp³-hybridized carbons (Fsp3) is 0.654. The maximum atomic E-state index is 13.1. The number of fused-ring (bicyclic) bond motifs is 3. The largest absolute Gasteiger partial charge is 0.391 e. The fourth-order valence-corrected chi connectivity index (χ4v) is 7.10. The average Bonchev–Trinajstić information content (AvgIpc) is 3.16. The van der Waals surface area contributed by atoms with Crippen molar-refractivity contribution in [2.24, 2.45) is 5.92 Å². The van der Waals surface area contributed by atoms with Gasteiger partial charge >= 0.3 is 6.18 Å². The van der Waals surface area contributed by atoms with E-state index in [1.165, 1.54) is 20.1 Å². The molecular formula is C26H35ClF3N5O3S. The number of alkyl halides is 3. The predicted octanol–water partition coefficient (Wildman–Crippen LogP) is 5.75. The molecule has 1 aliphatic heterocycles. The fourth-order valence-electron chi connectivity index (χ4n) is 5.66. The van der Waals surface area contributed by atoms with Crippen molar-refractivity contribution in [2.45, 2.75) is 88.7 Å². The van der Waals surface area contributed by atoms with Crippen LogP contribution in [0.5, 0.6) is 0 Å². The van der Waals surface area contributed by atoms with E-state index < -0.39 is 33.9 Å². The third-order valence-electron chi connectivity index (χ3n) is 7.92. The molecule has 2 atom stereocenters. The highest BCUT2D eigenvalue weighted by atomic mass is 35.5. The van der Waals surface area contributed by atoms with Crippen molar-refractivity contribution in [1.82, 2.24) is 20.1 Å². The Morgan fingerprint density at radius 3 is 2.41 bits per heavy atom. The lowest BCUT2D eigenvalue weighted by atomic mass is 9.86. The molecule has 0 spiro atoms. The Morgan fingerprint density at radius 1 is 1.18 bits per heavy atom. The Labute approximate surface area is 232 Å². The van der Waals surface area contributed by atoms with Gasteiger partial charge in [0.2, 0.25) is 0 Å². The van der Waals surface area contributed by atoms with E-state index >= 15 is 0 Å². The minimum absolute atomic E-state index is 0.0707. The van der Waals surface area contributed by atoms with Crippen LogP contribution >= 0.6 is 11.6 Å². The molecule has 2 aromatic rings. The summed E-state index contributed by atoms with van der Waals surface area (Å²) in [7, 11) is -3.06. The molecule has 0 aromatic carbocycles. The maximum Gasteiger partial charge on any atom is 0.391 e. The van der Waals surface area contributed by atoms with Gasteiger partial charge in [-0.05, 0) is 64.0 Å². The zero-order chi connectivity index (χ0) is 28.9. The Morgan fingerprint density at radius 2 is 1.82 bits per heavy atom. The van der Waals surface area contributed by atoms with Gasteiger partial charge in [0.05, 0.1) is 28.4 Å². The van der Waals surface area contributed by atoms with Crippen LogP contribution in [0, 0.1) is 5.92 Å². The molecule has 216 valence electrons. The number of carbonyl (C=O) groups excluding carboxylic acids is 1. The first-order valence-electron chi connectivity index (χ1n) is 13.1. The average molecular weight is 590 g/mol. The van der Waals surface area contributed by atoms with E-state index in [1.807, 2.05) is 13.8 Å². The number of hydrogen-bond donors (Lipinski definition) is 2. The summed E-state index contributed by atoms with van der Waals surface area (Å²) in [5.41, 5.74) is 0.918. The number of halogens is 4. The molecule has 2 unspecified atom stereocenters. The summed E-state index contributed by atoms with van der Waals surface area (Å²) in [6.45, 7) is 7.28. The highest BCUT2D eigenvalue weighted by Gasteiger charge is 2.38. The Hall–Kier alpha value is -2.34. The molecule has 2 aromatic heterocycles. The lowest BCUT2D eigenvalue weighted by molar-refractivity contribution is -0.142. The van der Waals surface area contributed by atoms with Gasteiger partial charge in [-0.3, -0.25) is 9.48 Å². The molecule has 1 aliphatic carbocycles. The van der Waals surface area contributed by atoms with Crippen LogP contribution in [-0.4, -0.2) is 58.9 Å². The lowest BCUT2D eigenvalue weighted by Gasteiger charge is -2.32. The van der Waals surface area contributed by atoms with Gasteiger partial charge in [0.15, 0.2) is 5.69 Å². The van der Waals surface area contributed by atoms with Crippen molar-refractivity contribution in [3.05, 3.63) is 28.5 Å². The molecular weight excluding hydrogens is 555 g/mol. The standard InChI is InChI=1S/C26H35ClF3N5O3S/c1-14-15(2)35-23(19-12-31-20(10-18(14)19)33-25(3,4)13-26(28,29)30)21(27)22(34-35)24(36)32-11-16-6-8-17(9-7-16)39(5,37)38/h10,12,14-17H,6-9,11,13H2,1-5H3,(H,31,33)(H,32,36). The number of pyridine rings is 1. The molecule has 0 radical (unpaired) electrons. The first-order chi connectivity index (χ1) is 18.0. The van der Waals surface area contributed by atoms with E-state index in [9.17, 15) is 26.4 Å². The van der Waals surface area contributed by atoms with Crippen molar-refractivity contribution in [2.75, 3.05) is 18.1 Å². The third-order valence-corrected chi connectivity index (χ3v) is 9.96. The van der Waals surface area contributed by atoms with Crippen LogP contribution in [0.1, 0.15) is 87.8 Å². The molecule has 0 saturated heterocycles. The molecule has 4 rings (SSSR count). The first kappa shape index (κ1) is 29.6. The van der Waals surface area contributed by atoms with E-state index in [4.69, 9.17) is 11.6 Å². The van der Waals surface area contributed by atoms with E-state index in [0.717, 1.165) is 18.4 Å². The van der Waals surface area contributed by atoms with Gasteiger partial charge in [0.1, 0.15) is 15.7 Å². The van der Waals surface area contributed by atoms with Crippen molar-refractivity contribution in [3.63, 3.8) is 0 Å². The molecule has 39 heavy (non-hydrogen) atoms. The number of nitrogens with one attached hydrogen (secondary N) is 2. The van der Waals surface area contributed by atoms with E-state index in [-0.39, 0.29) is 33.8 Å². The Kier molecular flexibility index (Phi) is 8.03. The van der Waals surface area contributed by atoms with Crippen LogP contribution in [0.15, 0.2) is 12.3 Å². The van der Waals surface area contributed by atoms with Gasteiger partial charge in [0, 0.05) is 36.0 Å². The topological polar surface area (TPSA) is 106 Å². The van der Waals surface area contributed by atoms with E-state index in [1.54, 1.807) is 16.9 Å². The van der Waals surface area contributed by atoms with E-state index in [0.29, 0.717) is 36.5 Å². The minimum atomic E-state index is -4.32. The zero-order valence-electron chi connectivity index (χ0n) is 22.7. The Bertz CT molecular complexity index is 1350. The molecule has 1 amide bonds. The van der Waals surface area contributed by atoms with Gasteiger partial charge in [-0.2, -0.15) is 18.3 Å². The molecule has 1 fully saturated rings. The predicted molar refractivity (Wildman–Crippen MR) is 145 cm³/mol. The molecule has 0 bridgehead atoms. The molecule has 1 saturated carbocycles. The van der Waals surface area contributed by atoms with E-state index in [2.05, 4.69) is 20.7 Å². The van der Waals surface area contributed by atoms with Crippen LogP contribution in [0.2, 0.25) is 5.02 Å². The molecule has 13 heteroatoms. The maximum absolute atomic E-state index is 13.1. The van der Waals surface area contributed by atoms with Gasteiger partial charge < -0.3 is 10.6 Å². The summed E-state index contributed by atoms with van der Waals surface area (Å²) in [6.07, 6.45) is 0.101. The smallest absolute Gasteiger partial charge is 0.365 e. The third kappa shape index (κ3) is 6.53. The zero-order valence-corrected chi connectivity index (χ0v) is 24.3. The summed E-state index contributed by atoms with van der Waals surface area (Å²) < 4.78 is 64.3. The number of aromatic nitrogens is 3. The number of amides is 1. The lowest BCUT2D eigenvalue weighted by Crippen LogP contribution is -2.36. The van der Waals surface area contributed by atoms with Crippen LogP contribution in [0.25, 0.3) is 11.3 Å². The van der Waals surface area contributed by atoms with Crippen LogP contribution < -0.4 is 10.6 Å². The molecule has 8 nitrogen and oxygen atoms in total. The van der Waals surface area contributed by atoms with Crippen molar-refractivity contribution in [1.29, 1.82) is 0 Å². The summed E-state index contributed by atoms with van der Waals surface area (Å²) in [4.78, 5) is 17.4. The summed E-state index contributed by atoms with van der Waals surface area (Å²) in [6, 6.07) is 1.57. The number of hydrogen-bond acceptors (Lipinski definition) is 6. The monoisotopic (exact) mass is 589 g/mol. The van der Waals surface area contributed by atoms with Crippen molar-refractivity contribution < 1.29 is 26.4 Å². The summed E-state index contributed by atoms with van der Waals surface area (Å²) in [5, 5.41) is 10.2. The normalized spacial score (nSPS) is 23.6. The second-order valence-corrected chi connectivity index (χ2v) is 14.3. The summed E-state index contributed by atoms with van der Waals surface area (Å²) >= 11 is 6.71. The van der Waals surface area contributed by atoms with Gasteiger partial charge in [0.25, 0.3) is 5.91 Å². The SMILES string of the molecule is CC1c2cc(NC(C)(C)CC(F)(F)F)ncc2-c2c(Cl)c(C(=O)NCC3CCC(S(C)(=O)=O)CC3)nn2C1C. The van der Waals surface area contributed by atoms with Crippen molar-refractivity contribution in [3.8, 4) is 11.3 Å². The Balaban J connectivity index is 1.52.